The normalized spacial score (nSPS) is 14.4. The molecule has 0 bridgehead atoms. The molecule has 1 aliphatic heterocycles. The molecule has 34 heavy (non-hydrogen) atoms. The summed E-state index contributed by atoms with van der Waals surface area (Å²) in [5, 5.41) is 2.71. The van der Waals surface area contributed by atoms with Gasteiger partial charge in [-0.05, 0) is 36.4 Å². The number of ether oxygens (including phenoxy) is 1. The summed E-state index contributed by atoms with van der Waals surface area (Å²) in [6, 6.07) is 18.2. The lowest BCUT2D eigenvalue weighted by Crippen LogP contribution is -2.36. The Morgan fingerprint density at radius 3 is 2.50 bits per heavy atom. The maximum absolute atomic E-state index is 13.5. The molecule has 1 saturated heterocycles. The second kappa shape index (κ2) is 8.83. The molecular weight excluding hydrogens is 445 g/mol. The number of nitrogens with zero attached hydrogens (tertiary/aromatic N) is 2. The third-order valence-corrected chi connectivity index (χ3v) is 5.67. The van der Waals surface area contributed by atoms with Crippen molar-refractivity contribution in [2.45, 2.75) is 6.18 Å². The maximum atomic E-state index is 13.5. The van der Waals surface area contributed by atoms with Gasteiger partial charge in [-0.1, -0.05) is 30.3 Å². The molecule has 3 aromatic carbocycles. The van der Waals surface area contributed by atoms with E-state index in [9.17, 15) is 18.0 Å². The van der Waals surface area contributed by atoms with Gasteiger partial charge in [-0.25, -0.2) is 4.98 Å². The standard InChI is InChI=1S/C25H21F3N4O2/c26-25(27,28)18-12-17(13-20(14-18)32-8-10-34-11-9-32)24(33)29-19-6-7-21-22(15-19)31-23(30-21)16-4-2-1-3-5-16/h1-7,12-15H,8-11H2,(H,29,33)(H,30,31). The quantitative estimate of drug-likeness (QED) is 0.426. The Morgan fingerprint density at radius 1 is 1.00 bits per heavy atom. The first-order valence-electron chi connectivity index (χ1n) is 10.8. The number of H-pyrrole nitrogens is 1. The van der Waals surface area contributed by atoms with Gasteiger partial charge < -0.3 is 19.9 Å². The van der Waals surface area contributed by atoms with Crippen LogP contribution in [0.4, 0.5) is 24.5 Å². The van der Waals surface area contributed by atoms with E-state index in [1.165, 1.54) is 6.07 Å². The van der Waals surface area contributed by atoms with Crippen molar-refractivity contribution in [3.8, 4) is 11.4 Å². The number of amides is 1. The monoisotopic (exact) mass is 466 g/mol. The van der Waals surface area contributed by atoms with E-state index in [4.69, 9.17) is 4.74 Å². The molecule has 174 valence electrons. The molecule has 6 nitrogen and oxygen atoms in total. The first-order valence-corrected chi connectivity index (χ1v) is 10.8. The van der Waals surface area contributed by atoms with Gasteiger partial charge in [0.2, 0.25) is 0 Å². The highest BCUT2D eigenvalue weighted by molar-refractivity contribution is 6.05. The SMILES string of the molecule is O=C(Nc1ccc2nc(-c3ccccc3)[nH]c2c1)c1cc(N2CCOCC2)cc(C(F)(F)F)c1. The molecule has 0 unspecified atom stereocenters. The number of anilines is 2. The number of fused-ring (bicyclic) bond motifs is 1. The van der Waals surface area contributed by atoms with Crippen molar-refractivity contribution in [2.75, 3.05) is 36.5 Å². The van der Waals surface area contributed by atoms with Crippen molar-refractivity contribution in [3.63, 3.8) is 0 Å². The fraction of sp³-hybridized carbons (Fsp3) is 0.200. The number of nitrogens with one attached hydrogen (secondary N) is 2. The average molecular weight is 466 g/mol. The van der Waals surface area contributed by atoms with Crippen molar-refractivity contribution in [1.29, 1.82) is 0 Å². The van der Waals surface area contributed by atoms with E-state index in [0.717, 1.165) is 17.7 Å². The Bertz CT molecular complexity index is 1330. The topological polar surface area (TPSA) is 70.2 Å². The van der Waals surface area contributed by atoms with Crippen LogP contribution in [0.1, 0.15) is 15.9 Å². The molecule has 0 atom stereocenters. The second-order valence-electron chi connectivity index (χ2n) is 8.00. The highest BCUT2D eigenvalue weighted by Crippen LogP contribution is 2.33. The third kappa shape index (κ3) is 4.60. The third-order valence-electron chi connectivity index (χ3n) is 5.67. The number of carbonyl (C=O) groups excluding carboxylic acids is 1. The minimum Gasteiger partial charge on any atom is -0.378 e. The van der Waals surface area contributed by atoms with Gasteiger partial charge in [-0.15, -0.1) is 0 Å². The van der Waals surface area contributed by atoms with Crippen molar-refractivity contribution < 1.29 is 22.7 Å². The van der Waals surface area contributed by atoms with Gasteiger partial charge in [0.05, 0.1) is 29.8 Å². The molecule has 0 spiro atoms. The van der Waals surface area contributed by atoms with Crippen LogP contribution in [0, 0.1) is 0 Å². The summed E-state index contributed by atoms with van der Waals surface area (Å²) in [7, 11) is 0. The number of hydrogen-bond acceptors (Lipinski definition) is 4. The number of morpholine rings is 1. The number of aromatic nitrogens is 2. The molecule has 5 rings (SSSR count). The zero-order valence-corrected chi connectivity index (χ0v) is 18.0. The number of aromatic amines is 1. The van der Waals surface area contributed by atoms with Crippen molar-refractivity contribution in [2.24, 2.45) is 0 Å². The van der Waals surface area contributed by atoms with E-state index < -0.39 is 17.6 Å². The number of carbonyl (C=O) groups is 1. The molecule has 1 fully saturated rings. The molecule has 2 N–H and O–H groups in total. The lowest BCUT2D eigenvalue weighted by molar-refractivity contribution is -0.137. The summed E-state index contributed by atoms with van der Waals surface area (Å²) in [6.07, 6.45) is -4.57. The minimum absolute atomic E-state index is 0.0639. The van der Waals surface area contributed by atoms with Gasteiger partial charge in [-0.2, -0.15) is 13.2 Å². The molecular formula is C25H21F3N4O2. The molecule has 1 aliphatic rings. The number of alkyl halides is 3. The molecule has 1 amide bonds. The predicted octanol–water partition coefficient (Wildman–Crippen LogP) is 5.34. The summed E-state index contributed by atoms with van der Waals surface area (Å²) in [6.45, 7) is 1.77. The van der Waals surface area contributed by atoms with Crippen LogP contribution in [-0.4, -0.2) is 42.2 Å². The number of hydrogen-bond donors (Lipinski definition) is 2. The summed E-state index contributed by atoms with van der Waals surface area (Å²) < 4.78 is 45.9. The van der Waals surface area contributed by atoms with Crippen molar-refractivity contribution in [1.82, 2.24) is 9.97 Å². The number of halogens is 3. The average Bonchev–Trinajstić information content (AvgIpc) is 3.28. The highest BCUT2D eigenvalue weighted by Gasteiger charge is 2.32. The number of rotatable bonds is 4. The van der Waals surface area contributed by atoms with E-state index in [1.807, 2.05) is 30.3 Å². The van der Waals surface area contributed by atoms with Crippen LogP contribution in [0.3, 0.4) is 0 Å². The highest BCUT2D eigenvalue weighted by atomic mass is 19.4. The molecule has 0 saturated carbocycles. The fourth-order valence-corrected chi connectivity index (χ4v) is 3.93. The zero-order chi connectivity index (χ0) is 23.7. The van der Waals surface area contributed by atoms with Crippen LogP contribution in [0.15, 0.2) is 66.7 Å². The van der Waals surface area contributed by atoms with E-state index in [1.54, 1.807) is 23.1 Å². The summed E-state index contributed by atoms with van der Waals surface area (Å²) in [4.78, 5) is 22.5. The Morgan fingerprint density at radius 2 is 1.76 bits per heavy atom. The molecule has 0 aliphatic carbocycles. The molecule has 2 heterocycles. The van der Waals surface area contributed by atoms with E-state index in [0.29, 0.717) is 54.5 Å². The van der Waals surface area contributed by atoms with Crippen molar-refractivity contribution in [3.05, 3.63) is 77.9 Å². The minimum atomic E-state index is -4.57. The van der Waals surface area contributed by atoms with Gasteiger partial charge in [0.1, 0.15) is 5.82 Å². The first-order chi connectivity index (χ1) is 16.4. The van der Waals surface area contributed by atoms with Crippen LogP contribution >= 0.6 is 0 Å². The van der Waals surface area contributed by atoms with Gasteiger partial charge in [0.15, 0.2) is 0 Å². The molecule has 1 aromatic heterocycles. The first kappa shape index (κ1) is 22.0. The predicted molar refractivity (Wildman–Crippen MR) is 124 cm³/mol. The smallest absolute Gasteiger partial charge is 0.378 e. The van der Waals surface area contributed by atoms with Crippen LogP contribution in [-0.2, 0) is 10.9 Å². The largest absolute Gasteiger partial charge is 0.416 e. The van der Waals surface area contributed by atoms with Crippen LogP contribution in [0.2, 0.25) is 0 Å². The summed E-state index contributed by atoms with van der Waals surface area (Å²) in [5.74, 6) is 0.0647. The van der Waals surface area contributed by atoms with Gasteiger partial charge in [0.25, 0.3) is 5.91 Å². The lowest BCUT2D eigenvalue weighted by atomic mass is 10.1. The molecule has 0 radical (unpaired) electrons. The van der Waals surface area contributed by atoms with E-state index >= 15 is 0 Å². The van der Waals surface area contributed by atoms with Crippen molar-refractivity contribution >= 4 is 28.3 Å². The Balaban J connectivity index is 1.43. The summed E-state index contributed by atoms with van der Waals surface area (Å²) >= 11 is 0. The second-order valence-corrected chi connectivity index (χ2v) is 8.00. The molecule has 4 aromatic rings. The van der Waals surface area contributed by atoms with Gasteiger partial charge in [0, 0.05) is 35.6 Å². The molecule has 9 heteroatoms. The Hall–Kier alpha value is -3.85. The van der Waals surface area contributed by atoms with E-state index in [2.05, 4.69) is 15.3 Å². The van der Waals surface area contributed by atoms with Crippen LogP contribution < -0.4 is 10.2 Å². The summed E-state index contributed by atoms with van der Waals surface area (Å²) in [5.41, 5.74) is 2.21. The Labute approximate surface area is 193 Å². The number of imidazole rings is 1. The maximum Gasteiger partial charge on any atom is 0.416 e. The van der Waals surface area contributed by atoms with Crippen LogP contribution in [0.25, 0.3) is 22.4 Å². The van der Waals surface area contributed by atoms with E-state index in [-0.39, 0.29) is 5.56 Å². The Kier molecular flexibility index (Phi) is 5.70. The number of benzene rings is 3. The fourth-order valence-electron chi connectivity index (χ4n) is 3.93. The van der Waals surface area contributed by atoms with Gasteiger partial charge in [-0.3, -0.25) is 4.79 Å². The lowest BCUT2D eigenvalue weighted by Gasteiger charge is -2.29. The van der Waals surface area contributed by atoms with Gasteiger partial charge >= 0.3 is 6.18 Å². The van der Waals surface area contributed by atoms with Crippen LogP contribution in [0.5, 0.6) is 0 Å². The zero-order valence-electron chi connectivity index (χ0n) is 18.0.